The van der Waals surface area contributed by atoms with Crippen molar-refractivity contribution >= 4 is 41.1 Å². The van der Waals surface area contributed by atoms with Crippen molar-refractivity contribution in [3.8, 4) is 11.5 Å². The number of halogens is 2. The van der Waals surface area contributed by atoms with E-state index in [9.17, 15) is 9.59 Å². The van der Waals surface area contributed by atoms with E-state index >= 15 is 0 Å². The number of benzene rings is 3. The van der Waals surface area contributed by atoms with E-state index in [4.69, 9.17) is 27.9 Å². The van der Waals surface area contributed by atoms with Crippen LogP contribution in [-0.2, 0) is 0 Å². The minimum Gasteiger partial charge on any atom is -0.457 e. The van der Waals surface area contributed by atoms with Crippen LogP contribution in [0.4, 0.5) is 5.69 Å². The van der Waals surface area contributed by atoms with Crippen LogP contribution in [0.2, 0.25) is 10.0 Å². The highest BCUT2D eigenvalue weighted by Gasteiger charge is 2.09. The van der Waals surface area contributed by atoms with Gasteiger partial charge in [-0.15, -0.1) is 0 Å². The van der Waals surface area contributed by atoms with Crippen LogP contribution in [0.15, 0.2) is 66.7 Å². The zero-order valence-corrected chi connectivity index (χ0v) is 14.9. The first-order valence-electron chi connectivity index (χ1n) is 7.65. The van der Waals surface area contributed by atoms with Crippen molar-refractivity contribution in [3.63, 3.8) is 0 Å². The molecule has 0 aromatic heterocycles. The Kier molecular flexibility index (Phi) is 5.56. The number of aldehydes is 1. The molecular weight excluding hydrogens is 373 g/mol. The van der Waals surface area contributed by atoms with Gasteiger partial charge in [0.25, 0.3) is 5.91 Å². The van der Waals surface area contributed by atoms with Gasteiger partial charge in [-0.2, -0.15) is 0 Å². The Morgan fingerprint density at radius 1 is 0.923 bits per heavy atom. The highest BCUT2D eigenvalue weighted by Crippen LogP contribution is 2.32. The summed E-state index contributed by atoms with van der Waals surface area (Å²) in [4.78, 5) is 23.1. The zero-order chi connectivity index (χ0) is 18.5. The molecule has 0 unspecified atom stereocenters. The van der Waals surface area contributed by atoms with E-state index in [0.29, 0.717) is 29.0 Å². The van der Waals surface area contributed by atoms with Crippen LogP contribution in [0.5, 0.6) is 11.5 Å². The highest BCUT2D eigenvalue weighted by molar-refractivity contribution is 6.43. The molecule has 3 aromatic carbocycles. The number of rotatable bonds is 5. The van der Waals surface area contributed by atoms with Crippen LogP contribution in [0.3, 0.4) is 0 Å². The van der Waals surface area contributed by atoms with Crippen LogP contribution in [0, 0.1) is 0 Å². The summed E-state index contributed by atoms with van der Waals surface area (Å²) in [7, 11) is 0. The number of amides is 1. The Bertz CT molecular complexity index is 941. The summed E-state index contributed by atoms with van der Waals surface area (Å²) in [6.07, 6.45) is 0.614. The summed E-state index contributed by atoms with van der Waals surface area (Å²) in [6.45, 7) is 0. The van der Waals surface area contributed by atoms with Gasteiger partial charge in [0.15, 0.2) is 6.29 Å². The molecule has 1 amide bonds. The molecule has 3 aromatic rings. The van der Waals surface area contributed by atoms with Gasteiger partial charge < -0.3 is 10.1 Å². The maximum Gasteiger partial charge on any atom is 0.255 e. The fraction of sp³-hybridized carbons (Fsp3) is 0. The highest BCUT2D eigenvalue weighted by atomic mass is 35.5. The van der Waals surface area contributed by atoms with Gasteiger partial charge in [-0.1, -0.05) is 41.4 Å². The number of nitrogens with one attached hydrogen (secondary N) is 1. The maximum absolute atomic E-state index is 12.1. The molecule has 0 saturated heterocycles. The van der Waals surface area contributed by atoms with Gasteiger partial charge in [0.05, 0.1) is 10.0 Å². The Balaban J connectivity index is 1.71. The standard InChI is InChI=1S/C20H13Cl2NO3/c21-18-11-17(10-14(12-24)19(18)22)26-16-8-6-15(7-9-16)23-20(25)13-4-2-1-3-5-13/h1-12H,(H,23,25). The molecule has 0 atom stereocenters. The fourth-order valence-corrected chi connectivity index (χ4v) is 2.63. The first kappa shape index (κ1) is 18.0. The molecule has 6 heteroatoms. The average molecular weight is 386 g/mol. The molecule has 4 nitrogen and oxygen atoms in total. The Morgan fingerprint density at radius 2 is 1.62 bits per heavy atom. The van der Waals surface area contributed by atoms with Gasteiger partial charge in [0.2, 0.25) is 0 Å². The van der Waals surface area contributed by atoms with Crippen molar-refractivity contribution in [2.75, 3.05) is 5.32 Å². The quantitative estimate of drug-likeness (QED) is 0.560. The molecule has 0 aliphatic carbocycles. The number of hydrogen-bond acceptors (Lipinski definition) is 3. The van der Waals surface area contributed by atoms with E-state index in [0.717, 1.165) is 0 Å². The molecule has 3 rings (SSSR count). The third kappa shape index (κ3) is 4.23. The lowest BCUT2D eigenvalue weighted by atomic mass is 10.2. The van der Waals surface area contributed by atoms with Crippen molar-refractivity contribution in [1.82, 2.24) is 0 Å². The largest absolute Gasteiger partial charge is 0.457 e. The van der Waals surface area contributed by atoms with E-state index in [1.807, 2.05) is 6.07 Å². The predicted octanol–water partition coefficient (Wildman–Crippen LogP) is 5.85. The SMILES string of the molecule is O=Cc1cc(Oc2ccc(NC(=O)c3ccccc3)cc2)cc(Cl)c1Cl. The second-order valence-electron chi connectivity index (χ2n) is 5.37. The molecule has 26 heavy (non-hydrogen) atoms. The molecule has 0 spiro atoms. The topological polar surface area (TPSA) is 55.4 Å². The van der Waals surface area contributed by atoms with Gasteiger partial charge in [-0.05, 0) is 42.5 Å². The van der Waals surface area contributed by atoms with Gasteiger partial charge in [0.1, 0.15) is 11.5 Å². The van der Waals surface area contributed by atoms with Crippen LogP contribution in [0.25, 0.3) is 0 Å². The van der Waals surface area contributed by atoms with Gasteiger partial charge in [-0.25, -0.2) is 0 Å². The summed E-state index contributed by atoms with van der Waals surface area (Å²) in [5.41, 5.74) is 1.46. The first-order valence-corrected chi connectivity index (χ1v) is 8.41. The molecule has 0 heterocycles. The van der Waals surface area contributed by atoms with E-state index in [1.165, 1.54) is 12.1 Å². The lowest BCUT2D eigenvalue weighted by Gasteiger charge is -2.10. The van der Waals surface area contributed by atoms with Gasteiger partial charge in [-0.3, -0.25) is 9.59 Å². The second-order valence-corrected chi connectivity index (χ2v) is 6.16. The summed E-state index contributed by atoms with van der Waals surface area (Å²) in [6, 6.07) is 18.8. The van der Waals surface area contributed by atoms with Crippen LogP contribution >= 0.6 is 23.2 Å². The average Bonchev–Trinajstić information content (AvgIpc) is 2.66. The minimum absolute atomic E-state index is 0.188. The smallest absolute Gasteiger partial charge is 0.255 e. The normalized spacial score (nSPS) is 10.2. The number of carbonyl (C=O) groups excluding carboxylic acids is 2. The Morgan fingerprint density at radius 3 is 2.27 bits per heavy atom. The van der Waals surface area contributed by atoms with Crippen molar-refractivity contribution in [1.29, 1.82) is 0 Å². The van der Waals surface area contributed by atoms with Crippen LogP contribution in [-0.4, -0.2) is 12.2 Å². The fourth-order valence-electron chi connectivity index (χ4n) is 2.26. The monoisotopic (exact) mass is 385 g/mol. The molecule has 0 radical (unpaired) electrons. The van der Waals surface area contributed by atoms with E-state index < -0.39 is 0 Å². The minimum atomic E-state index is -0.195. The third-order valence-electron chi connectivity index (χ3n) is 3.54. The van der Waals surface area contributed by atoms with E-state index in [1.54, 1.807) is 48.5 Å². The molecule has 0 bridgehead atoms. The first-order chi connectivity index (χ1) is 12.6. The summed E-state index contributed by atoms with van der Waals surface area (Å²) in [5.74, 6) is 0.722. The molecule has 130 valence electrons. The van der Waals surface area contributed by atoms with E-state index in [2.05, 4.69) is 5.32 Å². The van der Waals surface area contributed by atoms with Gasteiger partial charge in [0, 0.05) is 22.9 Å². The predicted molar refractivity (Wildman–Crippen MR) is 103 cm³/mol. The van der Waals surface area contributed by atoms with Crippen molar-refractivity contribution in [3.05, 3.63) is 87.9 Å². The van der Waals surface area contributed by atoms with Crippen LogP contribution in [0.1, 0.15) is 20.7 Å². The second kappa shape index (κ2) is 8.04. The third-order valence-corrected chi connectivity index (χ3v) is 4.36. The zero-order valence-electron chi connectivity index (χ0n) is 13.4. The lowest BCUT2D eigenvalue weighted by Crippen LogP contribution is -2.11. The molecular formula is C20H13Cl2NO3. The van der Waals surface area contributed by atoms with E-state index in [-0.39, 0.29) is 21.5 Å². The van der Waals surface area contributed by atoms with Crippen molar-refractivity contribution in [2.24, 2.45) is 0 Å². The van der Waals surface area contributed by atoms with Gasteiger partial charge >= 0.3 is 0 Å². The van der Waals surface area contributed by atoms with Crippen LogP contribution < -0.4 is 10.1 Å². The number of carbonyl (C=O) groups is 2. The van der Waals surface area contributed by atoms with Crippen molar-refractivity contribution in [2.45, 2.75) is 0 Å². The molecule has 0 aliphatic heterocycles. The molecule has 0 fully saturated rings. The maximum atomic E-state index is 12.1. The Labute approximate surface area is 160 Å². The summed E-state index contributed by atoms with van der Waals surface area (Å²) >= 11 is 11.9. The molecule has 0 saturated carbocycles. The summed E-state index contributed by atoms with van der Waals surface area (Å²) in [5, 5.41) is 3.23. The Hall–Kier alpha value is -2.82. The molecule has 1 N–H and O–H groups in total. The number of hydrogen-bond donors (Lipinski definition) is 1. The van der Waals surface area contributed by atoms with Crippen molar-refractivity contribution < 1.29 is 14.3 Å². The molecule has 0 aliphatic rings. The summed E-state index contributed by atoms with van der Waals surface area (Å²) < 4.78 is 5.69. The lowest BCUT2D eigenvalue weighted by molar-refractivity contribution is 0.102. The number of ether oxygens (including phenoxy) is 1. The number of anilines is 1.